The second-order valence-corrected chi connectivity index (χ2v) is 2.21. The molecule has 0 amide bonds. The molecule has 0 saturated carbocycles. The van der Waals surface area contributed by atoms with Crippen LogP contribution in [0.2, 0.25) is 0 Å². The van der Waals surface area contributed by atoms with Gasteiger partial charge in [0.15, 0.2) is 0 Å². The van der Waals surface area contributed by atoms with Crippen LogP contribution in [0.1, 0.15) is 12.0 Å². The zero-order valence-corrected chi connectivity index (χ0v) is 6.37. The van der Waals surface area contributed by atoms with E-state index < -0.39 is 0 Å². The second-order valence-electron chi connectivity index (χ2n) is 2.21. The Kier molecular flexibility index (Phi) is 2.72. The number of carbonyl (C=O) groups is 1. The summed E-state index contributed by atoms with van der Waals surface area (Å²) in [5, 5.41) is 0. The number of esters is 1. The predicted molar refractivity (Wildman–Crippen MR) is 39.0 cm³/mol. The highest BCUT2D eigenvalue weighted by Gasteiger charge is 2.00. The summed E-state index contributed by atoms with van der Waals surface area (Å²) in [5.41, 5.74) is 1.02. The molecule has 0 fully saturated rings. The van der Waals surface area contributed by atoms with Gasteiger partial charge in [-0.15, -0.1) is 0 Å². The van der Waals surface area contributed by atoms with Crippen LogP contribution in [0.5, 0.6) is 0 Å². The molecule has 3 heteroatoms. The van der Waals surface area contributed by atoms with Gasteiger partial charge in [-0.1, -0.05) is 0 Å². The highest BCUT2D eigenvalue weighted by atomic mass is 16.5. The second kappa shape index (κ2) is 3.81. The molecular weight excluding hydrogens is 144 g/mol. The van der Waals surface area contributed by atoms with Crippen LogP contribution in [0.15, 0.2) is 23.0 Å². The van der Waals surface area contributed by atoms with Crippen molar-refractivity contribution in [3.63, 3.8) is 0 Å². The van der Waals surface area contributed by atoms with E-state index in [2.05, 4.69) is 4.74 Å². The van der Waals surface area contributed by atoms with Gasteiger partial charge in [-0.3, -0.25) is 4.79 Å². The van der Waals surface area contributed by atoms with Crippen molar-refractivity contribution in [3.05, 3.63) is 24.2 Å². The molecule has 0 N–H and O–H groups in total. The Morgan fingerprint density at radius 3 is 3.09 bits per heavy atom. The third-order valence-electron chi connectivity index (χ3n) is 1.43. The Bertz CT molecular complexity index is 213. The molecule has 0 aliphatic carbocycles. The van der Waals surface area contributed by atoms with Crippen molar-refractivity contribution in [1.82, 2.24) is 0 Å². The lowest BCUT2D eigenvalue weighted by Gasteiger charge is -1.95. The lowest BCUT2D eigenvalue weighted by molar-refractivity contribution is -0.140. The lowest BCUT2D eigenvalue weighted by Crippen LogP contribution is -2.01. The molecule has 0 aliphatic rings. The summed E-state index contributed by atoms with van der Waals surface area (Å²) in [7, 11) is 1.39. The Balaban J connectivity index is 2.29. The zero-order valence-electron chi connectivity index (χ0n) is 6.37. The maximum absolute atomic E-state index is 10.7. The molecule has 0 radical (unpaired) electrons. The van der Waals surface area contributed by atoms with Crippen LogP contribution >= 0.6 is 0 Å². The van der Waals surface area contributed by atoms with Gasteiger partial charge < -0.3 is 9.15 Å². The predicted octanol–water partition coefficient (Wildman–Crippen LogP) is 1.39. The van der Waals surface area contributed by atoms with Gasteiger partial charge >= 0.3 is 5.97 Å². The minimum absolute atomic E-state index is 0.189. The van der Waals surface area contributed by atoms with Gasteiger partial charge in [0.2, 0.25) is 0 Å². The molecule has 11 heavy (non-hydrogen) atoms. The molecule has 1 aromatic rings. The van der Waals surface area contributed by atoms with Gasteiger partial charge in [0, 0.05) is 6.42 Å². The smallest absolute Gasteiger partial charge is 0.305 e. The summed E-state index contributed by atoms with van der Waals surface area (Å²) in [5.74, 6) is -0.189. The molecule has 1 heterocycles. The van der Waals surface area contributed by atoms with Gasteiger partial charge in [-0.2, -0.15) is 0 Å². The number of furan rings is 1. The fraction of sp³-hybridized carbons (Fsp3) is 0.375. The average Bonchev–Trinajstić information content (AvgIpc) is 2.52. The van der Waals surface area contributed by atoms with E-state index in [0.29, 0.717) is 12.8 Å². The Labute approximate surface area is 65.0 Å². The van der Waals surface area contributed by atoms with E-state index in [0.717, 1.165) is 5.56 Å². The number of ether oxygens (including phenoxy) is 1. The van der Waals surface area contributed by atoms with Crippen LogP contribution in [0.25, 0.3) is 0 Å². The SMILES string of the molecule is COC(=O)CCc1ccoc1. The first-order chi connectivity index (χ1) is 5.33. The number of aryl methyl sites for hydroxylation is 1. The molecule has 0 atom stereocenters. The number of carbonyl (C=O) groups excluding carboxylic acids is 1. The van der Waals surface area contributed by atoms with Crippen LogP contribution in [0, 0.1) is 0 Å². The topological polar surface area (TPSA) is 39.4 Å². The van der Waals surface area contributed by atoms with Gasteiger partial charge in [0.25, 0.3) is 0 Å². The zero-order chi connectivity index (χ0) is 8.10. The van der Waals surface area contributed by atoms with Gasteiger partial charge in [0.1, 0.15) is 0 Å². The Hall–Kier alpha value is -1.25. The van der Waals surface area contributed by atoms with E-state index in [1.165, 1.54) is 7.11 Å². The van der Waals surface area contributed by atoms with E-state index in [9.17, 15) is 4.79 Å². The third-order valence-corrected chi connectivity index (χ3v) is 1.43. The maximum Gasteiger partial charge on any atom is 0.305 e. The van der Waals surface area contributed by atoms with E-state index in [-0.39, 0.29) is 5.97 Å². The summed E-state index contributed by atoms with van der Waals surface area (Å²) in [4.78, 5) is 10.7. The largest absolute Gasteiger partial charge is 0.472 e. The standard InChI is InChI=1S/C8H10O3/c1-10-8(9)3-2-7-4-5-11-6-7/h4-6H,2-3H2,1H3. The number of rotatable bonds is 3. The summed E-state index contributed by atoms with van der Waals surface area (Å²) < 4.78 is 9.31. The van der Waals surface area contributed by atoms with Crippen molar-refractivity contribution < 1.29 is 13.9 Å². The first-order valence-corrected chi connectivity index (χ1v) is 3.41. The van der Waals surface area contributed by atoms with Crippen LogP contribution in [0.3, 0.4) is 0 Å². The molecule has 60 valence electrons. The van der Waals surface area contributed by atoms with E-state index in [1.807, 2.05) is 6.07 Å². The molecule has 3 nitrogen and oxygen atoms in total. The third kappa shape index (κ3) is 2.45. The summed E-state index contributed by atoms with van der Waals surface area (Å²) in [6.45, 7) is 0. The molecule has 0 saturated heterocycles. The summed E-state index contributed by atoms with van der Waals surface area (Å²) in [6.07, 6.45) is 4.31. The van der Waals surface area contributed by atoms with Gasteiger partial charge in [-0.05, 0) is 18.1 Å². The van der Waals surface area contributed by atoms with Crippen LogP contribution in [-0.4, -0.2) is 13.1 Å². The van der Waals surface area contributed by atoms with Crippen LogP contribution in [0.4, 0.5) is 0 Å². The molecule has 0 spiro atoms. The minimum Gasteiger partial charge on any atom is -0.472 e. The van der Waals surface area contributed by atoms with Crippen molar-refractivity contribution in [2.45, 2.75) is 12.8 Å². The first kappa shape index (κ1) is 7.85. The molecule has 0 aromatic carbocycles. The number of methoxy groups -OCH3 is 1. The van der Waals surface area contributed by atoms with Gasteiger partial charge in [0.05, 0.1) is 19.6 Å². The van der Waals surface area contributed by atoms with Crippen molar-refractivity contribution in [2.75, 3.05) is 7.11 Å². The molecule has 0 unspecified atom stereocenters. The quantitative estimate of drug-likeness (QED) is 0.617. The van der Waals surface area contributed by atoms with Crippen LogP contribution < -0.4 is 0 Å². The molecular formula is C8H10O3. The highest BCUT2D eigenvalue weighted by molar-refractivity contribution is 5.69. The number of hydrogen-bond acceptors (Lipinski definition) is 3. The fourth-order valence-corrected chi connectivity index (χ4v) is 0.783. The molecule has 1 rings (SSSR count). The normalized spacial score (nSPS) is 9.55. The Morgan fingerprint density at radius 2 is 2.55 bits per heavy atom. The van der Waals surface area contributed by atoms with E-state index in [4.69, 9.17) is 4.42 Å². The van der Waals surface area contributed by atoms with Crippen molar-refractivity contribution in [1.29, 1.82) is 0 Å². The minimum atomic E-state index is -0.189. The first-order valence-electron chi connectivity index (χ1n) is 3.41. The van der Waals surface area contributed by atoms with E-state index in [1.54, 1.807) is 12.5 Å². The van der Waals surface area contributed by atoms with Crippen molar-refractivity contribution in [2.24, 2.45) is 0 Å². The van der Waals surface area contributed by atoms with E-state index >= 15 is 0 Å². The summed E-state index contributed by atoms with van der Waals surface area (Å²) >= 11 is 0. The maximum atomic E-state index is 10.7. The highest BCUT2D eigenvalue weighted by Crippen LogP contribution is 2.03. The monoisotopic (exact) mass is 154 g/mol. The lowest BCUT2D eigenvalue weighted by atomic mass is 10.2. The van der Waals surface area contributed by atoms with Crippen LogP contribution in [-0.2, 0) is 16.0 Å². The summed E-state index contributed by atoms with van der Waals surface area (Å²) in [6, 6.07) is 1.84. The van der Waals surface area contributed by atoms with Crippen molar-refractivity contribution in [3.8, 4) is 0 Å². The molecule has 1 aromatic heterocycles. The van der Waals surface area contributed by atoms with Gasteiger partial charge in [-0.25, -0.2) is 0 Å². The Morgan fingerprint density at radius 1 is 1.73 bits per heavy atom. The average molecular weight is 154 g/mol. The fourth-order valence-electron chi connectivity index (χ4n) is 0.783. The molecule has 0 aliphatic heterocycles. The van der Waals surface area contributed by atoms with Crippen molar-refractivity contribution >= 4 is 5.97 Å². The molecule has 0 bridgehead atoms. The number of hydrogen-bond donors (Lipinski definition) is 0.